The van der Waals surface area contributed by atoms with Gasteiger partial charge in [-0.15, -0.1) is 0 Å². The number of carbonyl (C=O) groups excluding carboxylic acids is 3. The van der Waals surface area contributed by atoms with Gasteiger partial charge in [-0.25, -0.2) is 9.18 Å². The van der Waals surface area contributed by atoms with Crippen LogP contribution < -0.4 is 14.8 Å². The van der Waals surface area contributed by atoms with Crippen LogP contribution in [0, 0.1) is 12.7 Å². The number of aliphatic carboxylic acids is 1. The fourth-order valence-electron chi connectivity index (χ4n) is 4.25. The number of benzene rings is 2. The molecule has 0 fully saturated rings. The third-order valence-corrected chi connectivity index (χ3v) is 6.42. The number of nitrogens with one attached hydrogen (secondary N) is 1. The van der Waals surface area contributed by atoms with Crippen LogP contribution in [0.25, 0.3) is 0 Å². The zero-order valence-corrected chi connectivity index (χ0v) is 22.2. The highest BCUT2D eigenvalue weighted by Crippen LogP contribution is 2.43. The fraction of sp³-hybridized carbons (Fsp3) is 0.379. The number of ether oxygens (including phenoxy) is 3. The minimum Gasteiger partial charge on any atom is -0.496 e. The van der Waals surface area contributed by atoms with Crippen molar-refractivity contribution in [2.24, 2.45) is 0 Å². The van der Waals surface area contributed by atoms with Crippen LogP contribution in [-0.2, 0) is 38.7 Å². The van der Waals surface area contributed by atoms with Crippen LogP contribution in [0.3, 0.4) is 0 Å². The molecule has 1 aliphatic rings. The molecular weight excluding hydrogens is 509 g/mol. The molecular formula is C29H32FNO8. The molecule has 0 saturated carbocycles. The van der Waals surface area contributed by atoms with Crippen molar-refractivity contribution < 1.29 is 42.9 Å². The number of carboxylic acid groups (broad SMARTS) is 1. The van der Waals surface area contributed by atoms with Gasteiger partial charge in [-0.2, -0.15) is 0 Å². The lowest BCUT2D eigenvalue weighted by atomic mass is 9.94. The molecule has 0 spiro atoms. The standard InChI is InChI=1S/C29H32FNO8/c1-17(8-14-24(33)34)7-13-21-27(37-3)18(2)22-16-38-29(36)26(22)28(21)39-25(35)6-4-5-23(32)31-15-19-9-11-20(30)12-10-19/h7,9-12H,4-6,8,13-16H2,1-3H3,(H,31,32)(H,33,34). The summed E-state index contributed by atoms with van der Waals surface area (Å²) < 4.78 is 29.5. The lowest BCUT2D eigenvalue weighted by Crippen LogP contribution is -2.23. The molecule has 1 aliphatic heterocycles. The monoisotopic (exact) mass is 541 g/mol. The molecule has 2 aromatic rings. The average Bonchev–Trinajstić information content (AvgIpc) is 3.29. The van der Waals surface area contributed by atoms with Crippen molar-refractivity contribution in [1.82, 2.24) is 5.32 Å². The Morgan fingerprint density at radius 3 is 2.49 bits per heavy atom. The molecule has 208 valence electrons. The van der Waals surface area contributed by atoms with E-state index in [0.717, 1.165) is 11.1 Å². The molecule has 0 unspecified atom stereocenters. The summed E-state index contributed by atoms with van der Waals surface area (Å²) in [6, 6.07) is 5.77. The molecule has 1 amide bonds. The summed E-state index contributed by atoms with van der Waals surface area (Å²) in [6.45, 7) is 3.86. The van der Waals surface area contributed by atoms with E-state index in [1.165, 1.54) is 19.2 Å². The number of methoxy groups -OCH3 is 1. The smallest absolute Gasteiger partial charge is 0.342 e. The van der Waals surface area contributed by atoms with Crippen molar-refractivity contribution in [3.8, 4) is 11.5 Å². The quantitative estimate of drug-likeness (QED) is 0.215. The first-order chi connectivity index (χ1) is 18.6. The number of carboxylic acids is 1. The van der Waals surface area contributed by atoms with Gasteiger partial charge in [-0.3, -0.25) is 14.4 Å². The molecule has 9 nitrogen and oxygen atoms in total. The Labute approximate surface area is 225 Å². The van der Waals surface area contributed by atoms with E-state index in [1.54, 1.807) is 26.0 Å². The number of fused-ring (bicyclic) bond motifs is 1. The van der Waals surface area contributed by atoms with E-state index in [9.17, 15) is 23.6 Å². The summed E-state index contributed by atoms with van der Waals surface area (Å²) in [7, 11) is 1.48. The first-order valence-corrected chi connectivity index (χ1v) is 12.6. The molecule has 39 heavy (non-hydrogen) atoms. The molecule has 0 aliphatic carbocycles. The summed E-state index contributed by atoms with van der Waals surface area (Å²) >= 11 is 0. The SMILES string of the molecule is COc1c(C)c2c(c(OC(=O)CCCC(=O)NCc3ccc(F)cc3)c1CC=C(C)CCC(=O)O)C(=O)OC2. The second kappa shape index (κ2) is 13.5. The van der Waals surface area contributed by atoms with Gasteiger partial charge >= 0.3 is 17.9 Å². The molecule has 0 aromatic heterocycles. The third-order valence-electron chi connectivity index (χ3n) is 6.42. The van der Waals surface area contributed by atoms with E-state index in [-0.39, 0.29) is 68.3 Å². The fourth-order valence-corrected chi connectivity index (χ4v) is 4.25. The first-order valence-electron chi connectivity index (χ1n) is 12.6. The zero-order chi connectivity index (χ0) is 28.5. The predicted molar refractivity (Wildman–Crippen MR) is 139 cm³/mol. The van der Waals surface area contributed by atoms with E-state index in [2.05, 4.69) is 5.32 Å². The predicted octanol–water partition coefficient (Wildman–Crippen LogP) is 4.56. The Balaban J connectivity index is 1.70. The summed E-state index contributed by atoms with van der Waals surface area (Å²) in [6.07, 6.45) is 2.60. The van der Waals surface area contributed by atoms with E-state index in [4.69, 9.17) is 19.3 Å². The normalized spacial score (nSPS) is 12.5. The van der Waals surface area contributed by atoms with Crippen molar-refractivity contribution in [2.45, 2.75) is 65.5 Å². The molecule has 0 radical (unpaired) electrons. The molecule has 0 bridgehead atoms. The van der Waals surface area contributed by atoms with Gasteiger partial charge in [0.25, 0.3) is 0 Å². The van der Waals surface area contributed by atoms with Gasteiger partial charge in [0.2, 0.25) is 5.91 Å². The van der Waals surface area contributed by atoms with Crippen LogP contribution in [0.2, 0.25) is 0 Å². The summed E-state index contributed by atoms with van der Waals surface area (Å²) in [5.41, 5.74) is 3.50. The van der Waals surface area contributed by atoms with Crippen molar-refractivity contribution >= 4 is 23.8 Å². The minimum atomic E-state index is -0.907. The van der Waals surface area contributed by atoms with E-state index >= 15 is 0 Å². The Morgan fingerprint density at radius 1 is 1.10 bits per heavy atom. The van der Waals surface area contributed by atoms with E-state index in [0.29, 0.717) is 28.9 Å². The second-order valence-corrected chi connectivity index (χ2v) is 9.27. The van der Waals surface area contributed by atoms with Crippen molar-refractivity contribution in [3.63, 3.8) is 0 Å². The summed E-state index contributed by atoms with van der Waals surface area (Å²) in [5, 5.41) is 11.7. The molecule has 3 rings (SSSR count). The second-order valence-electron chi connectivity index (χ2n) is 9.27. The molecule has 0 saturated heterocycles. The van der Waals surface area contributed by atoms with Gasteiger partial charge in [0.05, 0.1) is 7.11 Å². The maximum atomic E-state index is 13.0. The van der Waals surface area contributed by atoms with Crippen LogP contribution >= 0.6 is 0 Å². The topological polar surface area (TPSA) is 128 Å². The van der Waals surface area contributed by atoms with E-state index < -0.39 is 17.9 Å². The van der Waals surface area contributed by atoms with Crippen LogP contribution in [0.4, 0.5) is 4.39 Å². The van der Waals surface area contributed by atoms with Crippen LogP contribution in [0.15, 0.2) is 35.9 Å². The maximum Gasteiger partial charge on any atom is 0.342 e. The third kappa shape index (κ3) is 7.89. The van der Waals surface area contributed by atoms with Gasteiger partial charge in [-0.05, 0) is 56.4 Å². The Morgan fingerprint density at radius 2 is 1.82 bits per heavy atom. The summed E-state index contributed by atoms with van der Waals surface area (Å²) in [4.78, 5) is 48.5. The number of esters is 2. The van der Waals surface area contributed by atoms with Crippen molar-refractivity contribution in [3.05, 3.63) is 69.5 Å². The average molecular weight is 542 g/mol. The highest BCUT2D eigenvalue weighted by Gasteiger charge is 2.34. The first kappa shape index (κ1) is 29.3. The van der Waals surface area contributed by atoms with Gasteiger partial charge in [0.1, 0.15) is 23.7 Å². The Kier molecular flexibility index (Phi) is 10.2. The van der Waals surface area contributed by atoms with E-state index in [1.807, 2.05) is 6.08 Å². The molecule has 1 heterocycles. The highest BCUT2D eigenvalue weighted by molar-refractivity contribution is 5.99. The zero-order valence-electron chi connectivity index (χ0n) is 22.2. The van der Waals surface area contributed by atoms with Crippen LogP contribution in [0.5, 0.6) is 11.5 Å². The maximum absolute atomic E-state index is 13.0. The van der Waals surface area contributed by atoms with Gasteiger partial charge in [0.15, 0.2) is 5.75 Å². The van der Waals surface area contributed by atoms with Crippen LogP contribution in [0.1, 0.15) is 71.6 Å². The highest BCUT2D eigenvalue weighted by atomic mass is 19.1. The number of amides is 1. The number of halogens is 1. The number of allylic oxidation sites excluding steroid dienone is 2. The largest absolute Gasteiger partial charge is 0.496 e. The molecule has 2 aromatic carbocycles. The van der Waals surface area contributed by atoms with Crippen molar-refractivity contribution in [1.29, 1.82) is 0 Å². The molecule has 10 heteroatoms. The van der Waals surface area contributed by atoms with Gasteiger partial charge in [0, 0.05) is 36.9 Å². The van der Waals surface area contributed by atoms with Gasteiger partial charge < -0.3 is 24.6 Å². The summed E-state index contributed by atoms with van der Waals surface area (Å²) in [5.74, 6) is -2.25. The number of hydrogen-bond donors (Lipinski definition) is 2. The number of carbonyl (C=O) groups is 4. The molecule has 0 atom stereocenters. The molecule has 2 N–H and O–H groups in total. The lowest BCUT2D eigenvalue weighted by Gasteiger charge is -2.19. The lowest BCUT2D eigenvalue weighted by molar-refractivity contribution is -0.137. The van der Waals surface area contributed by atoms with Crippen molar-refractivity contribution in [2.75, 3.05) is 7.11 Å². The van der Waals surface area contributed by atoms with Crippen LogP contribution in [-0.4, -0.2) is 36.0 Å². The minimum absolute atomic E-state index is 0.0195. The number of cyclic esters (lactones) is 1. The number of rotatable bonds is 13. The number of hydrogen-bond acceptors (Lipinski definition) is 7. The Hall–Kier alpha value is -4.21. The van der Waals surface area contributed by atoms with Gasteiger partial charge in [-0.1, -0.05) is 23.8 Å². The Bertz CT molecular complexity index is 1280.